The van der Waals surface area contributed by atoms with E-state index in [1.54, 1.807) is 36.4 Å². The van der Waals surface area contributed by atoms with E-state index in [0.29, 0.717) is 22.2 Å². The van der Waals surface area contributed by atoms with Gasteiger partial charge in [0, 0.05) is 11.1 Å². The molecule has 7 nitrogen and oxygen atoms in total. The van der Waals surface area contributed by atoms with Gasteiger partial charge < -0.3 is 14.4 Å². The van der Waals surface area contributed by atoms with Gasteiger partial charge in [-0.1, -0.05) is 22.8 Å². The molecule has 0 saturated heterocycles. The van der Waals surface area contributed by atoms with Gasteiger partial charge in [0.05, 0.1) is 18.0 Å². The molecule has 2 aromatic heterocycles. The molecule has 0 aliphatic rings. The van der Waals surface area contributed by atoms with Crippen LogP contribution in [0.3, 0.4) is 0 Å². The fourth-order valence-electron chi connectivity index (χ4n) is 1.95. The number of hydrogen-bond donors (Lipinski definition) is 2. The van der Waals surface area contributed by atoms with Crippen molar-refractivity contribution in [3.63, 3.8) is 0 Å². The Labute approximate surface area is 141 Å². The third-order valence-corrected chi connectivity index (χ3v) is 3.34. The third-order valence-electron chi connectivity index (χ3n) is 3.10. The predicted octanol–water partition coefficient (Wildman–Crippen LogP) is 3.28. The molecular formula is C16H11ClN4O3. The van der Waals surface area contributed by atoms with Crippen LogP contribution in [0.25, 0.3) is 11.5 Å². The molecule has 1 aromatic carbocycles. The molecule has 2 N–H and O–H groups in total. The fraction of sp³-hybridized carbons (Fsp3) is 0.0625. The molecule has 1 unspecified atom stereocenters. The Hall–Kier alpha value is -3.08. The average Bonchev–Trinajstić information content (AvgIpc) is 3.26. The summed E-state index contributed by atoms with van der Waals surface area (Å²) in [6.45, 7) is 0. The number of ketones is 1. The van der Waals surface area contributed by atoms with E-state index >= 15 is 0 Å². The van der Waals surface area contributed by atoms with E-state index in [-0.39, 0.29) is 5.69 Å². The Morgan fingerprint density at radius 1 is 1.25 bits per heavy atom. The van der Waals surface area contributed by atoms with E-state index in [9.17, 15) is 10.1 Å². The summed E-state index contributed by atoms with van der Waals surface area (Å²) < 4.78 is 10.2. The Morgan fingerprint density at radius 2 is 2.12 bits per heavy atom. The molecule has 0 spiro atoms. The lowest BCUT2D eigenvalue weighted by Crippen LogP contribution is -2.39. The first-order valence-electron chi connectivity index (χ1n) is 6.89. The molecule has 0 radical (unpaired) electrons. The van der Waals surface area contributed by atoms with Gasteiger partial charge in [-0.15, -0.1) is 0 Å². The Kier molecular flexibility index (Phi) is 4.61. The zero-order valence-electron chi connectivity index (χ0n) is 12.2. The highest BCUT2D eigenvalue weighted by molar-refractivity contribution is 6.30. The minimum atomic E-state index is -1.15. The number of Topliss-reactive ketones (excluding diaryl/α,β-unsaturated/α-hetero) is 1. The number of nitriles is 1. The maximum atomic E-state index is 12.3. The first kappa shape index (κ1) is 15.8. The lowest BCUT2D eigenvalue weighted by atomic mass is 10.1. The van der Waals surface area contributed by atoms with Gasteiger partial charge in [0.25, 0.3) is 0 Å². The highest BCUT2D eigenvalue weighted by Gasteiger charge is 2.24. The molecule has 0 fully saturated rings. The zero-order chi connectivity index (χ0) is 16.9. The first-order chi connectivity index (χ1) is 11.7. The molecule has 3 rings (SSSR count). The maximum Gasteiger partial charge on any atom is 0.217 e. The zero-order valence-corrected chi connectivity index (χ0v) is 12.9. The number of aromatic nitrogens is 1. The molecule has 0 aliphatic heterocycles. The highest BCUT2D eigenvalue weighted by Crippen LogP contribution is 2.21. The summed E-state index contributed by atoms with van der Waals surface area (Å²) in [5.74, 6) is 0.219. The second kappa shape index (κ2) is 7.00. The van der Waals surface area contributed by atoms with Crippen LogP contribution >= 0.6 is 11.6 Å². The van der Waals surface area contributed by atoms with Gasteiger partial charge in [-0.2, -0.15) is 5.26 Å². The number of halogens is 1. The smallest absolute Gasteiger partial charge is 0.217 e. The molecular weight excluding hydrogens is 332 g/mol. The van der Waals surface area contributed by atoms with Crippen molar-refractivity contribution in [2.75, 3.05) is 5.43 Å². The minimum absolute atomic E-state index is 0.0216. The number of hydrogen-bond acceptors (Lipinski definition) is 7. The lowest BCUT2D eigenvalue weighted by Gasteiger charge is -2.11. The van der Waals surface area contributed by atoms with Crippen molar-refractivity contribution in [1.82, 2.24) is 10.6 Å². The van der Waals surface area contributed by atoms with Crippen molar-refractivity contribution in [3.05, 3.63) is 59.4 Å². The SMILES string of the molecule is N#CC(NNc1cccc(Cl)c1)C(=O)c1cc(-c2ccco2)on1. The Morgan fingerprint density at radius 3 is 2.83 bits per heavy atom. The number of carbonyl (C=O) groups excluding carboxylic acids is 1. The summed E-state index contributed by atoms with van der Waals surface area (Å²) in [7, 11) is 0. The maximum absolute atomic E-state index is 12.3. The largest absolute Gasteiger partial charge is 0.461 e. The van der Waals surface area contributed by atoms with Gasteiger partial charge in [0.15, 0.2) is 17.5 Å². The highest BCUT2D eigenvalue weighted by atomic mass is 35.5. The van der Waals surface area contributed by atoms with Crippen molar-refractivity contribution in [3.8, 4) is 17.6 Å². The van der Waals surface area contributed by atoms with Crippen molar-refractivity contribution in [2.45, 2.75) is 6.04 Å². The normalized spacial score (nSPS) is 11.7. The molecule has 2 heterocycles. The van der Waals surface area contributed by atoms with E-state index < -0.39 is 11.8 Å². The molecule has 8 heteroatoms. The standard InChI is InChI=1S/C16H11ClN4O3/c17-10-3-1-4-11(7-10)19-20-13(9-18)16(22)12-8-15(24-21-12)14-5-2-6-23-14/h1-8,13,19-20H. The van der Waals surface area contributed by atoms with Crippen molar-refractivity contribution in [2.24, 2.45) is 0 Å². The summed E-state index contributed by atoms with van der Waals surface area (Å²) in [6.07, 6.45) is 1.48. The van der Waals surface area contributed by atoms with Gasteiger partial charge in [-0.3, -0.25) is 4.79 Å². The molecule has 0 saturated carbocycles. The van der Waals surface area contributed by atoms with Crippen LogP contribution in [-0.2, 0) is 0 Å². The fourth-order valence-corrected chi connectivity index (χ4v) is 2.14. The van der Waals surface area contributed by atoms with E-state index in [0.717, 1.165) is 0 Å². The summed E-state index contributed by atoms with van der Waals surface area (Å²) in [4.78, 5) is 12.3. The Bertz CT molecular complexity index is 883. The van der Waals surface area contributed by atoms with Crippen LogP contribution in [0.4, 0.5) is 5.69 Å². The van der Waals surface area contributed by atoms with E-state index in [2.05, 4.69) is 16.0 Å². The molecule has 3 aromatic rings. The van der Waals surface area contributed by atoms with E-state index in [1.165, 1.54) is 12.3 Å². The summed E-state index contributed by atoms with van der Waals surface area (Å²) in [5, 5.41) is 13.4. The number of nitrogens with zero attached hydrogens (tertiary/aromatic N) is 2. The van der Waals surface area contributed by atoms with Crippen LogP contribution in [0.5, 0.6) is 0 Å². The number of furan rings is 1. The van der Waals surface area contributed by atoms with Gasteiger partial charge in [0.2, 0.25) is 11.5 Å². The molecule has 0 amide bonds. The summed E-state index contributed by atoms with van der Waals surface area (Å²) >= 11 is 5.87. The van der Waals surface area contributed by atoms with Crippen LogP contribution in [0.15, 0.2) is 57.7 Å². The van der Waals surface area contributed by atoms with Gasteiger partial charge in [-0.25, -0.2) is 5.43 Å². The number of benzene rings is 1. The van der Waals surface area contributed by atoms with Crippen LogP contribution in [0.1, 0.15) is 10.5 Å². The second-order valence-corrected chi connectivity index (χ2v) is 5.20. The number of anilines is 1. The second-order valence-electron chi connectivity index (χ2n) is 4.76. The average molecular weight is 343 g/mol. The van der Waals surface area contributed by atoms with Gasteiger partial charge in [0.1, 0.15) is 0 Å². The van der Waals surface area contributed by atoms with Crippen molar-refractivity contribution in [1.29, 1.82) is 5.26 Å². The predicted molar refractivity (Wildman–Crippen MR) is 86.1 cm³/mol. The van der Waals surface area contributed by atoms with Crippen molar-refractivity contribution >= 4 is 23.1 Å². The number of rotatable bonds is 6. The number of hydrazine groups is 1. The minimum Gasteiger partial charge on any atom is -0.461 e. The van der Waals surface area contributed by atoms with Gasteiger partial charge >= 0.3 is 0 Å². The van der Waals surface area contributed by atoms with Crippen LogP contribution in [0.2, 0.25) is 5.02 Å². The molecule has 120 valence electrons. The molecule has 0 aliphatic carbocycles. The van der Waals surface area contributed by atoms with Crippen LogP contribution in [-0.4, -0.2) is 17.0 Å². The summed E-state index contributed by atoms with van der Waals surface area (Å²) in [6, 6.07) is 12.3. The van der Waals surface area contributed by atoms with Crippen LogP contribution < -0.4 is 10.9 Å². The number of carbonyl (C=O) groups is 1. The number of nitrogens with one attached hydrogen (secondary N) is 2. The van der Waals surface area contributed by atoms with Crippen LogP contribution in [0, 0.1) is 11.3 Å². The van der Waals surface area contributed by atoms with Gasteiger partial charge in [-0.05, 0) is 30.3 Å². The van der Waals surface area contributed by atoms with E-state index in [4.69, 9.17) is 20.5 Å². The molecule has 1 atom stereocenters. The summed E-state index contributed by atoms with van der Waals surface area (Å²) in [5.41, 5.74) is 6.04. The first-order valence-corrected chi connectivity index (χ1v) is 7.26. The quantitative estimate of drug-likeness (QED) is 0.523. The monoisotopic (exact) mass is 342 g/mol. The third kappa shape index (κ3) is 3.46. The topological polar surface area (TPSA) is 104 Å². The van der Waals surface area contributed by atoms with Crippen molar-refractivity contribution < 1.29 is 13.7 Å². The van der Waals surface area contributed by atoms with E-state index in [1.807, 2.05) is 6.07 Å². The Balaban J connectivity index is 1.69. The lowest BCUT2D eigenvalue weighted by molar-refractivity contribution is 0.0960. The molecule has 24 heavy (non-hydrogen) atoms. The molecule has 0 bridgehead atoms.